The molecule has 182 valence electrons. The van der Waals surface area contributed by atoms with Crippen molar-refractivity contribution in [1.82, 2.24) is 20.0 Å². The lowest BCUT2D eigenvalue weighted by Gasteiger charge is -2.45. The summed E-state index contributed by atoms with van der Waals surface area (Å²) in [7, 11) is 1.57. The first-order valence-electron chi connectivity index (χ1n) is 12.1. The van der Waals surface area contributed by atoms with Crippen molar-refractivity contribution in [1.29, 1.82) is 0 Å². The third-order valence-corrected chi connectivity index (χ3v) is 7.66. The van der Waals surface area contributed by atoms with Crippen molar-refractivity contribution in [2.75, 3.05) is 51.3 Å². The number of likely N-dealkylation sites (tertiary alicyclic amines) is 2. The number of halogens is 1. The molecule has 8 nitrogen and oxygen atoms in total. The first-order valence-corrected chi connectivity index (χ1v) is 12.1. The first kappa shape index (κ1) is 22.8. The van der Waals surface area contributed by atoms with Gasteiger partial charge in [-0.3, -0.25) is 0 Å². The van der Waals surface area contributed by atoms with Gasteiger partial charge in [-0.25, -0.2) is 9.18 Å². The van der Waals surface area contributed by atoms with E-state index >= 15 is 0 Å². The molecule has 2 aromatic rings. The summed E-state index contributed by atoms with van der Waals surface area (Å²) in [6.07, 6.45) is 3.64. The minimum Gasteiger partial charge on any atom is -0.480 e. The minimum absolute atomic E-state index is 0.110. The van der Waals surface area contributed by atoms with E-state index in [0.29, 0.717) is 18.5 Å². The van der Waals surface area contributed by atoms with Gasteiger partial charge in [0.05, 0.1) is 13.7 Å². The Kier molecular flexibility index (Phi) is 6.29. The maximum atomic E-state index is 14.3. The second-order valence-electron chi connectivity index (χ2n) is 9.41. The van der Waals surface area contributed by atoms with Crippen molar-refractivity contribution in [2.24, 2.45) is 0 Å². The summed E-state index contributed by atoms with van der Waals surface area (Å²) in [5, 5.41) is 8.49. The Bertz CT molecular complexity index is 1020. The van der Waals surface area contributed by atoms with Gasteiger partial charge in [-0.15, -0.1) is 10.2 Å². The lowest BCUT2D eigenvalue weighted by Crippen LogP contribution is -2.52. The number of hydrogen-bond donors (Lipinski definition) is 0. The van der Waals surface area contributed by atoms with E-state index in [-0.39, 0.29) is 17.3 Å². The van der Waals surface area contributed by atoms with Gasteiger partial charge in [-0.1, -0.05) is 0 Å². The minimum atomic E-state index is -0.204. The Hall–Kier alpha value is -2.94. The monoisotopic (exact) mass is 469 g/mol. The highest BCUT2D eigenvalue weighted by Gasteiger charge is 2.46. The molecule has 3 aliphatic heterocycles. The number of piperidine rings is 2. The Labute approximate surface area is 199 Å². The molecule has 1 spiro atoms. The number of hydrogen-bond acceptors (Lipinski definition) is 7. The number of amides is 1. The summed E-state index contributed by atoms with van der Waals surface area (Å²) in [4.78, 5) is 18.6. The van der Waals surface area contributed by atoms with E-state index in [1.165, 1.54) is 6.07 Å². The molecule has 1 aromatic carbocycles. The van der Waals surface area contributed by atoms with E-state index in [1.54, 1.807) is 13.2 Å². The molecule has 34 heavy (non-hydrogen) atoms. The smallest absolute Gasteiger partial charge is 0.409 e. The summed E-state index contributed by atoms with van der Waals surface area (Å²) >= 11 is 0. The molecule has 0 bridgehead atoms. The molecule has 9 heteroatoms. The van der Waals surface area contributed by atoms with Gasteiger partial charge in [0.15, 0.2) is 5.82 Å². The number of methoxy groups -OCH3 is 1. The van der Waals surface area contributed by atoms with Crippen molar-refractivity contribution < 1.29 is 18.7 Å². The van der Waals surface area contributed by atoms with Crippen LogP contribution in [0.25, 0.3) is 0 Å². The number of nitrogens with zero attached hydrogens (tertiary/aromatic N) is 5. The molecule has 5 rings (SSSR count). The molecule has 4 heterocycles. The Morgan fingerprint density at radius 2 is 1.88 bits per heavy atom. The van der Waals surface area contributed by atoms with E-state index in [0.717, 1.165) is 75.5 Å². The van der Waals surface area contributed by atoms with Gasteiger partial charge in [0.25, 0.3) is 0 Å². The number of carbonyl (C=O) groups is 1. The van der Waals surface area contributed by atoms with Gasteiger partial charge in [0.2, 0.25) is 5.88 Å². The third kappa shape index (κ3) is 4.17. The molecular weight excluding hydrogens is 437 g/mol. The molecule has 3 aliphatic rings. The second-order valence-corrected chi connectivity index (χ2v) is 9.41. The molecule has 0 aliphatic carbocycles. The van der Waals surface area contributed by atoms with E-state index in [9.17, 15) is 9.18 Å². The summed E-state index contributed by atoms with van der Waals surface area (Å²) in [6, 6.07) is 9.28. The van der Waals surface area contributed by atoms with E-state index in [4.69, 9.17) is 9.47 Å². The van der Waals surface area contributed by atoms with E-state index < -0.39 is 0 Å². The molecule has 0 saturated carbocycles. The van der Waals surface area contributed by atoms with Gasteiger partial charge in [0, 0.05) is 42.8 Å². The van der Waals surface area contributed by atoms with E-state index in [1.807, 2.05) is 30.0 Å². The summed E-state index contributed by atoms with van der Waals surface area (Å²) < 4.78 is 24.6. The fourth-order valence-corrected chi connectivity index (χ4v) is 5.78. The van der Waals surface area contributed by atoms with Crippen LogP contribution in [0.3, 0.4) is 0 Å². The van der Waals surface area contributed by atoms with Gasteiger partial charge in [-0.2, -0.15) is 0 Å². The number of aromatic nitrogens is 2. The van der Waals surface area contributed by atoms with Crippen LogP contribution >= 0.6 is 0 Å². The Balaban J connectivity index is 1.29. The van der Waals surface area contributed by atoms with Crippen molar-refractivity contribution in [3.8, 4) is 5.88 Å². The van der Waals surface area contributed by atoms with Crippen LogP contribution in [0.2, 0.25) is 0 Å². The zero-order chi connectivity index (χ0) is 23.7. The predicted octanol–water partition coefficient (Wildman–Crippen LogP) is 3.73. The van der Waals surface area contributed by atoms with Gasteiger partial charge in [0.1, 0.15) is 5.82 Å². The molecule has 0 radical (unpaired) electrons. The average Bonchev–Trinajstić information content (AvgIpc) is 3.18. The molecule has 1 amide bonds. The maximum Gasteiger partial charge on any atom is 0.409 e. The van der Waals surface area contributed by atoms with Gasteiger partial charge >= 0.3 is 6.09 Å². The number of benzene rings is 1. The average molecular weight is 470 g/mol. The normalized spacial score (nSPS) is 20.4. The highest BCUT2D eigenvalue weighted by Crippen LogP contribution is 2.49. The van der Waals surface area contributed by atoms with Crippen LogP contribution in [0.15, 0.2) is 30.3 Å². The number of anilines is 2. The summed E-state index contributed by atoms with van der Waals surface area (Å²) in [5.41, 5.74) is 1.97. The van der Waals surface area contributed by atoms with Gasteiger partial charge in [-0.05, 0) is 75.5 Å². The van der Waals surface area contributed by atoms with Crippen LogP contribution in [0.4, 0.5) is 20.7 Å². The molecule has 2 fully saturated rings. The highest BCUT2D eigenvalue weighted by atomic mass is 19.1. The van der Waals surface area contributed by atoms with Crippen LogP contribution < -0.4 is 9.64 Å². The van der Waals surface area contributed by atoms with Crippen molar-refractivity contribution in [3.63, 3.8) is 0 Å². The number of fused-ring (bicyclic) bond motifs is 2. The predicted molar refractivity (Wildman–Crippen MR) is 126 cm³/mol. The van der Waals surface area contributed by atoms with E-state index in [2.05, 4.69) is 20.0 Å². The standard InChI is InChI=1S/C25H32FN5O3/c1-3-34-24(32)30-12-8-19(9-13-30)29-14-10-25(11-15-29)17-31(21-5-4-18(26)16-20(21)25)22-6-7-23(33-2)28-27-22/h4-7,16,19H,3,8-15,17H2,1-2H3. The fraction of sp³-hybridized carbons (Fsp3) is 0.560. The molecule has 0 atom stereocenters. The van der Waals surface area contributed by atoms with Crippen LogP contribution in [-0.2, 0) is 10.2 Å². The number of ether oxygens (including phenoxy) is 2. The Morgan fingerprint density at radius 3 is 2.53 bits per heavy atom. The quantitative estimate of drug-likeness (QED) is 0.676. The molecule has 1 aromatic heterocycles. The summed E-state index contributed by atoms with van der Waals surface area (Å²) in [5.74, 6) is 1.02. The van der Waals surface area contributed by atoms with Crippen molar-refractivity contribution >= 4 is 17.6 Å². The lowest BCUT2D eigenvalue weighted by molar-refractivity contribution is 0.0581. The van der Waals surface area contributed by atoms with Crippen LogP contribution in [0, 0.1) is 5.82 Å². The zero-order valence-corrected chi connectivity index (χ0v) is 19.9. The zero-order valence-electron chi connectivity index (χ0n) is 19.9. The van der Waals surface area contributed by atoms with Crippen LogP contribution in [0.1, 0.15) is 38.2 Å². The maximum absolute atomic E-state index is 14.3. The first-order chi connectivity index (χ1) is 16.5. The molecule has 2 saturated heterocycles. The molecule has 0 unspecified atom stereocenters. The summed E-state index contributed by atoms with van der Waals surface area (Å²) in [6.45, 7) is 6.41. The highest BCUT2D eigenvalue weighted by molar-refractivity contribution is 5.71. The third-order valence-electron chi connectivity index (χ3n) is 7.66. The van der Waals surface area contributed by atoms with Gasteiger partial charge < -0.3 is 24.2 Å². The fourth-order valence-electron chi connectivity index (χ4n) is 5.78. The van der Waals surface area contributed by atoms with Crippen LogP contribution in [0.5, 0.6) is 5.88 Å². The largest absolute Gasteiger partial charge is 0.480 e. The van der Waals surface area contributed by atoms with Crippen molar-refractivity contribution in [2.45, 2.75) is 44.1 Å². The SMILES string of the molecule is CCOC(=O)N1CCC(N2CCC3(CC2)CN(c2ccc(OC)nn2)c2ccc(F)cc23)CC1. The van der Waals surface area contributed by atoms with Crippen LogP contribution in [-0.4, -0.2) is 78.6 Å². The topological polar surface area (TPSA) is 71.0 Å². The van der Waals surface area contributed by atoms with Crippen molar-refractivity contribution in [3.05, 3.63) is 41.7 Å². The Morgan fingerprint density at radius 1 is 1.12 bits per heavy atom. The second kappa shape index (κ2) is 9.37. The lowest BCUT2D eigenvalue weighted by atomic mass is 9.74. The number of carbonyl (C=O) groups excluding carboxylic acids is 1. The number of rotatable bonds is 4. The molecule has 0 N–H and O–H groups in total. The molecular formula is C25H32FN5O3.